The molecule has 4 rings (SSSR count). The van der Waals surface area contributed by atoms with Crippen LogP contribution in [0.1, 0.15) is 40.0 Å². The van der Waals surface area contributed by atoms with Crippen LogP contribution in [0.4, 0.5) is 5.69 Å². The van der Waals surface area contributed by atoms with E-state index in [1.807, 2.05) is 31.2 Å². The standard InChI is InChI=1S/C21H21N3O4S/c1-3-13-7-4-5-8-14(13)22-16(25)11-28-21(27)18-12(2)17-19(29-18)23-15-9-6-10-24(15)20(17)26/h4-5,7-8H,3,6,9-11H2,1-2H3,(H,22,25). The molecule has 1 amide bonds. The van der Waals surface area contributed by atoms with E-state index in [0.29, 0.717) is 32.9 Å². The molecular formula is C21H21N3O4S. The number of nitrogens with one attached hydrogen (secondary N) is 1. The van der Waals surface area contributed by atoms with E-state index in [0.717, 1.165) is 42.0 Å². The van der Waals surface area contributed by atoms with Gasteiger partial charge in [-0.3, -0.25) is 14.2 Å². The maximum Gasteiger partial charge on any atom is 0.349 e. The highest BCUT2D eigenvalue weighted by Gasteiger charge is 2.24. The Hall–Kier alpha value is -3.00. The lowest BCUT2D eigenvalue weighted by Crippen LogP contribution is -2.22. The maximum atomic E-state index is 12.7. The first-order valence-corrected chi connectivity index (χ1v) is 10.4. The van der Waals surface area contributed by atoms with Gasteiger partial charge in [-0.15, -0.1) is 11.3 Å². The van der Waals surface area contributed by atoms with Crippen LogP contribution in [0.15, 0.2) is 29.1 Å². The number of ether oxygens (including phenoxy) is 1. The molecule has 8 heteroatoms. The zero-order valence-corrected chi connectivity index (χ0v) is 17.1. The fraction of sp³-hybridized carbons (Fsp3) is 0.333. The van der Waals surface area contributed by atoms with Crippen LogP contribution in [-0.4, -0.2) is 28.0 Å². The number of aryl methyl sites for hydroxylation is 3. The summed E-state index contributed by atoms with van der Waals surface area (Å²) in [5.74, 6) is -0.262. The second-order valence-corrected chi connectivity index (χ2v) is 7.96. The van der Waals surface area contributed by atoms with E-state index in [1.165, 1.54) is 0 Å². The summed E-state index contributed by atoms with van der Waals surface area (Å²) < 4.78 is 6.89. The first-order valence-electron chi connectivity index (χ1n) is 9.57. The number of para-hydroxylation sites is 1. The van der Waals surface area contributed by atoms with E-state index in [4.69, 9.17) is 4.74 Å². The molecular weight excluding hydrogens is 390 g/mol. The topological polar surface area (TPSA) is 90.3 Å². The second kappa shape index (κ2) is 7.79. The fourth-order valence-electron chi connectivity index (χ4n) is 3.60. The normalized spacial score (nSPS) is 12.8. The van der Waals surface area contributed by atoms with Gasteiger partial charge in [-0.05, 0) is 37.0 Å². The predicted molar refractivity (Wildman–Crippen MR) is 112 cm³/mol. The maximum absolute atomic E-state index is 12.7. The van der Waals surface area contributed by atoms with E-state index in [1.54, 1.807) is 11.5 Å². The van der Waals surface area contributed by atoms with Crippen LogP contribution >= 0.6 is 11.3 Å². The van der Waals surface area contributed by atoms with Crippen molar-refractivity contribution >= 4 is 39.1 Å². The molecule has 7 nitrogen and oxygen atoms in total. The first-order chi connectivity index (χ1) is 14.0. The molecule has 0 unspecified atom stereocenters. The Morgan fingerprint density at radius 2 is 2.10 bits per heavy atom. The zero-order valence-electron chi connectivity index (χ0n) is 16.3. The lowest BCUT2D eigenvalue weighted by molar-refractivity contribution is -0.119. The first kappa shape index (κ1) is 19.3. The van der Waals surface area contributed by atoms with Crippen molar-refractivity contribution < 1.29 is 14.3 Å². The summed E-state index contributed by atoms with van der Waals surface area (Å²) in [6, 6.07) is 7.49. The molecule has 1 aromatic carbocycles. The van der Waals surface area contributed by atoms with Crippen molar-refractivity contribution in [3.8, 4) is 0 Å². The molecule has 0 bridgehead atoms. The number of benzene rings is 1. The van der Waals surface area contributed by atoms with Crippen molar-refractivity contribution in [1.82, 2.24) is 9.55 Å². The van der Waals surface area contributed by atoms with Crippen molar-refractivity contribution in [1.29, 1.82) is 0 Å². The molecule has 1 aliphatic heterocycles. The predicted octanol–water partition coefficient (Wildman–Crippen LogP) is 3.07. The summed E-state index contributed by atoms with van der Waals surface area (Å²) in [5, 5.41) is 3.24. The molecule has 150 valence electrons. The van der Waals surface area contributed by atoms with Gasteiger partial charge in [0.15, 0.2) is 6.61 Å². The Kier molecular flexibility index (Phi) is 5.19. The Balaban J connectivity index is 1.50. The van der Waals surface area contributed by atoms with Gasteiger partial charge in [0, 0.05) is 18.7 Å². The van der Waals surface area contributed by atoms with Gasteiger partial charge in [-0.2, -0.15) is 0 Å². The lowest BCUT2D eigenvalue weighted by atomic mass is 10.1. The van der Waals surface area contributed by atoms with E-state index < -0.39 is 18.5 Å². The molecule has 2 aromatic heterocycles. The number of anilines is 1. The molecule has 0 atom stereocenters. The summed E-state index contributed by atoms with van der Waals surface area (Å²) in [6.07, 6.45) is 2.45. The average Bonchev–Trinajstić information content (AvgIpc) is 3.31. The molecule has 0 saturated heterocycles. The third-order valence-electron chi connectivity index (χ3n) is 5.10. The highest BCUT2D eigenvalue weighted by atomic mass is 32.1. The zero-order chi connectivity index (χ0) is 20.5. The third kappa shape index (κ3) is 3.55. The van der Waals surface area contributed by atoms with E-state index >= 15 is 0 Å². The van der Waals surface area contributed by atoms with Crippen LogP contribution in [0.2, 0.25) is 0 Å². The number of fused-ring (bicyclic) bond motifs is 2. The summed E-state index contributed by atoms with van der Waals surface area (Å²) in [4.78, 5) is 42.9. The van der Waals surface area contributed by atoms with Gasteiger partial charge in [-0.1, -0.05) is 25.1 Å². The molecule has 3 heterocycles. The number of esters is 1. The number of hydrogen-bond acceptors (Lipinski definition) is 6. The van der Waals surface area contributed by atoms with Gasteiger partial charge in [0.05, 0.1) is 5.39 Å². The largest absolute Gasteiger partial charge is 0.451 e. The van der Waals surface area contributed by atoms with Gasteiger partial charge < -0.3 is 10.1 Å². The number of rotatable bonds is 5. The van der Waals surface area contributed by atoms with Gasteiger partial charge in [0.2, 0.25) is 0 Å². The molecule has 3 aromatic rings. The van der Waals surface area contributed by atoms with E-state index in [9.17, 15) is 14.4 Å². The Morgan fingerprint density at radius 1 is 1.31 bits per heavy atom. The molecule has 0 saturated carbocycles. The van der Waals surface area contributed by atoms with Gasteiger partial charge in [0.1, 0.15) is 15.5 Å². The summed E-state index contributed by atoms with van der Waals surface area (Å²) in [5.41, 5.74) is 2.17. The molecule has 0 aliphatic carbocycles. The number of nitrogens with zero attached hydrogens (tertiary/aromatic N) is 2. The monoisotopic (exact) mass is 411 g/mol. The van der Waals surface area contributed by atoms with Crippen LogP contribution in [0.25, 0.3) is 10.2 Å². The van der Waals surface area contributed by atoms with Crippen molar-refractivity contribution in [2.24, 2.45) is 0 Å². The molecule has 1 N–H and O–H groups in total. The molecule has 1 aliphatic rings. The molecule has 29 heavy (non-hydrogen) atoms. The summed E-state index contributed by atoms with van der Waals surface area (Å²) in [7, 11) is 0. The lowest BCUT2D eigenvalue weighted by Gasteiger charge is -2.09. The minimum absolute atomic E-state index is 0.107. The van der Waals surface area contributed by atoms with Crippen LogP contribution in [0.3, 0.4) is 0 Å². The molecule has 0 spiro atoms. The number of amides is 1. The van der Waals surface area contributed by atoms with Crippen molar-refractivity contribution in [2.75, 3.05) is 11.9 Å². The summed E-state index contributed by atoms with van der Waals surface area (Å²) >= 11 is 1.14. The minimum Gasteiger partial charge on any atom is -0.451 e. The number of aromatic nitrogens is 2. The van der Waals surface area contributed by atoms with Crippen molar-refractivity contribution in [2.45, 2.75) is 39.7 Å². The number of carbonyl (C=O) groups excluding carboxylic acids is 2. The molecule has 0 radical (unpaired) electrons. The van der Waals surface area contributed by atoms with Gasteiger partial charge in [0.25, 0.3) is 11.5 Å². The van der Waals surface area contributed by atoms with Gasteiger partial charge >= 0.3 is 5.97 Å². The number of carbonyl (C=O) groups is 2. The Labute approximate surface area is 171 Å². The third-order valence-corrected chi connectivity index (χ3v) is 6.27. The van der Waals surface area contributed by atoms with E-state index in [-0.39, 0.29) is 5.56 Å². The van der Waals surface area contributed by atoms with E-state index in [2.05, 4.69) is 10.3 Å². The quantitative estimate of drug-likeness (QED) is 0.652. The average molecular weight is 411 g/mol. The van der Waals surface area contributed by atoms with Crippen molar-refractivity contribution in [3.05, 3.63) is 56.4 Å². The fourth-order valence-corrected chi connectivity index (χ4v) is 4.69. The van der Waals surface area contributed by atoms with Crippen LogP contribution in [-0.2, 0) is 28.9 Å². The number of hydrogen-bond donors (Lipinski definition) is 1. The minimum atomic E-state index is -0.617. The SMILES string of the molecule is CCc1ccccc1NC(=O)COC(=O)c1sc2nc3n(c(=O)c2c1C)CCC3. The smallest absolute Gasteiger partial charge is 0.349 e. The van der Waals surface area contributed by atoms with Gasteiger partial charge in [-0.25, -0.2) is 9.78 Å². The summed E-state index contributed by atoms with van der Waals surface area (Å²) in [6.45, 7) is 3.98. The van der Waals surface area contributed by atoms with Crippen LogP contribution in [0.5, 0.6) is 0 Å². The Bertz CT molecular complexity index is 1180. The Morgan fingerprint density at radius 3 is 2.90 bits per heavy atom. The highest BCUT2D eigenvalue weighted by Crippen LogP contribution is 2.29. The second-order valence-electron chi connectivity index (χ2n) is 6.96. The van der Waals surface area contributed by atoms with Crippen molar-refractivity contribution in [3.63, 3.8) is 0 Å². The van der Waals surface area contributed by atoms with Crippen LogP contribution in [0, 0.1) is 6.92 Å². The number of thiophene rings is 1. The van der Waals surface area contributed by atoms with Crippen LogP contribution < -0.4 is 10.9 Å². The molecule has 0 fully saturated rings. The highest BCUT2D eigenvalue weighted by molar-refractivity contribution is 7.20.